The van der Waals surface area contributed by atoms with Gasteiger partial charge in [-0.1, -0.05) is 11.6 Å². The van der Waals surface area contributed by atoms with Crippen LogP contribution in [0.15, 0.2) is 30.5 Å². The van der Waals surface area contributed by atoms with Crippen molar-refractivity contribution in [2.24, 2.45) is 0 Å². The summed E-state index contributed by atoms with van der Waals surface area (Å²) in [4.78, 5) is 4.39. The van der Waals surface area contributed by atoms with Gasteiger partial charge in [-0.05, 0) is 42.7 Å². The molecule has 0 aliphatic heterocycles. The second kappa shape index (κ2) is 6.12. The van der Waals surface area contributed by atoms with E-state index < -0.39 is 0 Å². The summed E-state index contributed by atoms with van der Waals surface area (Å²) in [5.41, 5.74) is 2.01. The van der Waals surface area contributed by atoms with E-state index in [9.17, 15) is 0 Å². The van der Waals surface area contributed by atoms with Crippen molar-refractivity contribution in [2.45, 2.75) is 6.42 Å². The van der Waals surface area contributed by atoms with Gasteiger partial charge in [0, 0.05) is 18.1 Å². The van der Waals surface area contributed by atoms with E-state index in [-0.39, 0.29) is 0 Å². The third kappa shape index (κ3) is 3.05. The number of halogens is 1. The Morgan fingerprint density at radius 2 is 2.24 bits per heavy atom. The molecule has 1 aromatic heterocycles. The molecule has 1 aromatic carbocycles. The fourth-order valence-electron chi connectivity index (χ4n) is 1.72. The number of anilines is 1. The normalized spacial score (nSPS) is 10.7. The molecule has 2 nitrogen and oxygen atoms in total. The summed E-state index contributed by atoms with van der Waals surface area (Å²) in [6.45, 7) is 0.966. The summed E-state index contributed by atoms with van der Waals surface area (Å²) >= 11 is 8.01. The number of nitrogens with zero attached hydrogens (tertiary/aromatic N) is 1. The van der Waals surface area contributed by atoms with Crippen molar-refractivity contribution >= 4 is 40.0 Å². The topological polar surface area (TPSA) is 24.9 Å². The second-order valence-corrected chi connectivity index (χ2v) is 5.16. The summed E-state index contributed by atoms with van der Waals surface area (Å²) in [7, 11) is 0. The molecule has 17 heavy (non-hydrogen) atoms. The Labute approximate surface area is 111 Å². The number of hydrogen-bond acceptors (Lipinski definition) is 3. The van der Waals surface area contributed by atoms with Crippen LogP contribution in [0.5, 0.6) is 0 Å². The Hall–Kier alpha value is -0.930. The molecule has 0 aliphatic rings. The zero-order chi connectivity index (χ0) is 12.1. The van der Waals surface area contributed by atoms with Crippen LogP contribution in [0.2, 0.25) is 5.02 Å². The highest BCUT2D eigenvalue weighted by molar-refractivity contribution is 7.98. The summed E-state index contributed by atoms with van der Waals surface area (Å²) in [5, 5.41) is 5.17. The number of aromatic nitrogens is 1. The van der Waals surface area contributed by atoms with Crippen LogP contribution in [-0.2, 0) is 0 Å². The van der Waals surface area contributed by atoms with Crippen LogP contribution in [-0.4, -0.2) is 23.5 Å². The molecule has 0 radical (unpaired) electrons. The van der Waals surface area contributed by atoms with E-state index in [0.717, 1.165) is 34.6 Å². The highest BCUT2D eigenvalue weighted by Gasteiger charge is 2.04. The molecule has 0 saturated heterocycles. The minimum Gasteiger partial charge on any atom is -0.383 e. The molecule has 0 saturated carbocycles. The lowest BCUT2D eigenvalue weighted by molar-refractivity contribution is 0.994. The third-order valence-electron chi connectivity index (χ3n) is 2.56. The van der Waals surface area contributed by atoms with E-state index in [1.807, 2.05) is 36.0 Å². The molecule has 90 valence electrons. The van der Waals surface area contributed by atoms with Gasteiger partial charge in [-0.3, -0.25) is 4.98 Å². The molecule has 0 unspecified atom stereocenters. The van der Waals surface area contributed by atoms with Crippen molar-refractivity contribution in [1.82, 2.24) is 4.98 Å². The van der Waals surface area contributed by atoms with Gasteiger partial charge in [-0.15, -0.1) is 0 Å². The third-order valence-corrected chi connectivity index (χ3v) is 3.58. The van der Waals surface area contributed by atoms with Gasteiger partial charge in [0.05, 0.1) is 16.2 Å². The summed E-state index contributed by atoms with van der Waals surface area (Å²) in [6.07, 6.45) is 5.07. The van der Waals surface area contributed by atoms with Crippen LogP contribution in [0.4, 0.5) is 5.69 Å². The molecule has 0 aliphatic carbocycles. The van der Waals surface area contributed by atoms with Crippen LogP contribution in [0, 0.1) is 0 Å². The molecular weight excluding hydrogens is 252 g/mol. The number of benzene rings is 1. The van der Waals surface area contributed by atoms with Crippen LogP contribution < -0.4 is 5.32 Å². The Balaban J connectivity index is 2.20. The van der Waals surface area contributed by atoms with E-state index in [1.165, 1.54) is 5.75 Å². The first-order valence-corrected chi connectivity index (χ1v) is 7.36. The smallest absolute Gasteiger partial charge is 0.0948 e. The van der Waals surface area contributed by atoms with E-state index >= 15 is 0 Å². The predicted molar refractivity (Wildman–Crippen MR) is 78.2 cm³/mol. The standard InChI is InChI=1S/C13H15ClN2S/c1-17-9-3-8-15-12-6-5-11(14)10-4-2-7-16-13(10)12/h2,4-7,15H,3,8-9H2,1H3. The lowest BCUT2D eigenvalue weighted by atomic mass is 10.2. The number of thioether (sulfide) groups is 1. The summed E-state index contributed by atoms with van der Waals surface area (Å²) < 4.78 is 0. The van der Waals surface area contributed by atoms with Gasteiger partial charge in [-0.25, -0.2) is 0 Å². The van der Waals surface area contributed by atoms with Gasteiger partial charge in [-0.2, -0.15) is 11.8 Å². The highest BCUT2D eigenvalue weighted by Crippen LogP contribution is 2.27. The van der Waals surface area contributed by atoms with Crippen molar-refractivity contribution in [2.75, 3.05) is 23.9 Å². The maximum Gasteiger partial charge on any atom is 0.0948 e. The SMILES string of the molecule is CSCCCNc1ccc(Cl)c2cccnc12. The van der Waals surface area contributed by atoms with Gasteiger partial charge >= 0.3 is 0 Å². The molecule has 4 heteroatoms. The molecule has 2 rings (SSSR count). The number of nitrogens with one attached hydrogen (secondary N) is 1. The zero-order valence-electron chi connectivity index (χ0n) is 9.74. The van der Waals surface area contributed by atoms with Gasteiger partial charge in [0.1, 0.15) is 0 Å². The second-order valence-electron chi connectivity index (χ2n) is 3.77. The Morgan fingerprint density at radius 3 is 3.06 bits per heavy atom. The highest BCUT2D eigenvalue weighted by atomic mass is 35.5. The number of fused-ring (bicyclic) bond motifs is 1. The van der Waals surface area contributed by atoms with Crippen LogP contribution in [0.3, 0.4) is 0 Å². The first-order chi connectivity index (χ1) is 8.33. The van der Waals surface area contributed by atoms with Crippen molar-refractivity contribution in [3.63, 3.8) is 0 Å². The molecule has 1 N–H and O–H groups in total. The Bertz CT molecular complexity index is 502. The van der Waals surface area contributed by atoms with Gasteiger partial charge < -0.3 is 5.32 Å². The minimum atomic E-state index is 0.753. The Kier molecular flexibility index (Phi) is 4.51. The number of pyridine rings is 1. The fourth-order valence-corrected chi connectivity index (χ4v) is 2.37. The number of hydrogen-bond donors (Lipinski definition) is 1. The van der Waals surface area contributed by atoms with Crippen LogP contribution >= 0.6 is 23.4 Å². The Morgan fingerprint density at radius 1 is 1.35 bits per heavy atom. The molecule has 2 aromatic rings. The first kappa shape index (κ1) is 12.5. The van der Waals surface area contributed by atoms with E-state index in [1.54, 1.807) is 6.20 Å². The van der Waals surface area contributed by atoms with E-state index in [4.69, 9.17) is 11.6 Å². The molecule has 0 spiro atoms. The molecule has 0 bridgehead atoms. The summed E-state index contributed by atoms with van der Waals surface area (Å²) in [5.74, 6) is 1.17. The average molecular weight is 267 g/mol. The zero-order valence-corrected chi connectivity index (χ0v) is 11.3. The minimum absolute atomic E-state index is 0.753. The quantitative estimate of drug-likeness (QED) is 0.827. The van der Waals surface area contributed by atoms with Crippen molar-refractivity contribution < 1.29 is 0 Å². The maximum atomic E-state index is 6.14. The van der Waals surface area contributed by atoms with Crippen molar-refractivity contribution in [1.29, 1.82) is 0 Å². The predicted octanol–water partition coefficient (Wildman–Crippen LogP) is 4.05. The van der Waals surface area contributed by atoms with Gasteiger partial charge in [0.15, 0.2) is 0 Å². The first-order valence-electron chi connectivity index (χ1n) is 5.59. The van der Waals surface area contributed by atoms with E-state index in [0.29, 0.717) is 0 Å². The number of rotatable bonds is 5. The van der Waals surface area contributed by atoms with Gasteiger partial charge in [0.25, 0.3) is 0 Å². The molecule has 0 atom stereocenters. The molecule has 1 heterocycles. The molecule has 0 amide bonds. The fraction of sp³-hybridized carbons (Fsp3) is 0.308. The monoisotopic (exact) mass is 266 g/mol. The molecule has 0 fully saturated rings. The van der Waals surface area contributed by atoms with Gasteiger partial charge in [0.2, 0.25) is 0 Å². The largest absolute Gasteiger partial charge is 0.383 e. The molecular formula is C13H15ClN2S. The van der Waals surface area contributed by atoms with Crippen LogP contribution in [0.25, 0.3) is 10.9 Å². The average Bonchev–Trinajstić information content (AvgIpc) is 2.37. The van der Waals surface area contributed by atoms with Crippen molar-refractivity contribution in [3.8, 4) is 0 Å². The van der Waals surface area contributed by atoms with E-state index in [2.05, 4.69) is 16.6 Å². The van der Waals surface area contributed by atoms with Crippen molar-refractivity contribution in [3.05, 3.63) is 35.5 Å². The lowest BCUT2D eigenvalue weighted by Gasteiger charge is -2.09. The maximum absolute atomic E-state index is 6.14. The summed E-state index contributed by atoms with van der Waals surface area (Å²) in [6, 6.07) is 7.82. The van der Waals surface area contributed by atoms with Crippen LogP contribution in [0.1, 0.15) is 6.42 Å². The lowest BCUT2D eigenvalue weighted by Crippen LogP contribution is -2.03.